The second-order valence-electron chi connectivity index (χ2n) is 5.86. The SMILES string of the molecule is COc1ccc(CNc2ncnc(NCc3ccc(Cl)cc3)c2[N+](=O)[O-])cc1. The molecule has 0 saturated carbocycles. The van der Waals surface area contributed by atoms with Crippen LogP contribution in [0.3, 0.4) is 0 Å². The molecule has 2 N–H and O–H groups in total. The molecule has 0 radical (unpaired) electrons. The zero-order valence-electron chi connectivity index (χ0n) is 15.1. The molecule has 1 heterocycles. The van der Waals surface area contributed by atoms with E-state index in [1.807, 2.05) is 36.4 Å². The van der Waals surface area contributed by atoms with Crippen molar-refractivity contribution >= 4 is 28.9 Å². The number of nitrogens with one attached hydrogen (secondary N) is 2. The molecular formula is C19H18ClN5O3. The molecule has 3 aromatic rings. The number of rotatable bonds is 8. The minimum Gasteiger partial charge on any atom is -0.497 e. The van der Waals surface area contributed by atoms with E-state index in [-0.39, 0.29) is 17.3 Å². The van der Waals surface area contributed by atoms with Gasteiger partial charge < -0.3 is 15.4 Å². The maximum Gasteiger partial charge on any atom is 0.353 e. The van der Waals surface area contributed by atoms with E-state index in [0.717, 1.165) is 16.9 Å². The van der Waals surface area contributed by atoms with Gasteiger partial charge in [-0.05, 0) is 35.4 Å². The fourth-order valence-corrected chi connectivity index (χ4v) is 2.65. The number of halogens is 1. The maximum atomic E-state index is 11.6. The lowest BCUT2D eigenvalue weighted by Crippen LogP contribution is -2.10. The summed E-state index contributed by atoms with van der Waals surface area (Å²) in [6.45, 7) is 0.741. The molecule has 0 amide bonds. The molecule has 0 spiro atoms. The summed E-state index contributed by atoms with van der Waals surface area (Å²) in [4.78, 5) is 19.2. The van der Waals surface area contributed by atoms with Crippen molar-refractivity contribution in [1.29, 1.82) is 0 Å². The van der Waals surface area contributed by atoms with Gasteiger partial charge in [-0.15, -0.1) is 0 Å². The van der Waals surface area contributed by atoms with Crippen LogP contribution in [-0.4, -0.2) is 22.0 Å². The van der Waals surface area contributed by atoms with Gasteiger partial charge in [-0.1, -0.05) is 35.9 Å². The van der Waals surface area contributed by atoms with Crippen LogP contribution in [0.2, 0.25) is 5.02 Å². The molecule has 0 aliphatic rings. The van der Waals surface area contributed by atoms with Gasteiger partial charge in [0.05, 0.1) is 12.0 Å². The molecule has 144 valence electrons. The zero-order valence-corrected chi connectivity index (χ0v) is 15.8. The number of hydrogen-bond acceptors (Lipinski definition) is 7. The molecule has 2 aromatic carbocycles. The first kappa shape index (κ1) is 19.4. The maximum absolute atomic E-state index is 11.6. The van der Waals surface area contributed by atoms with Crippen LogP contribution in [0, 0.1) is 10.1 Å². The molecule has 0 atom stereocenters. The standard InChI is InChI=1S/C19H18ClN5O3/c1-28-16-8-4-14(5-9-16)11-22-19-17(25(26)27)18(23-12-24-19)21-10-13-2-6-15(20)7-3-13/h2-9,12H,10-11H2,1H3,(H2,21,22,23,24). The summed E-state index contributed by atoms with van der Waals surface area (Å²) in [6, 6.07) is 14.6. The van der Waals surface area contributed by atoms with Crippen LogP contribution in [0.15, 0.2) is 54.9 Å². The molecule has 0 fully saturated rings. The molecule has 0 bridgehead atoms. The van der Waals surface area contributed by atoms with E-state index in [9.17, 15) is 10.1 Å². The van der Waals surface area contributed by atoms with Crippen LogP contribution in [0.25, 0.3) is 0 Å². The van der Waals surface area contributed by atoms with Gasteiger partial charge in [0, 0.05) is 18.1 Å². The Balaban J connectivity index is 1.74. The molecule has 9 heteroatoms. The van der Waals surface area contributed by atoms with Crippen LogP contribution in [0.1, 0.15) is 11.1 Å². The van der Waals surface area contributed by atoms with Crippen LogP contribution in [-0.2, 0) is 13.1 Å². The van der Waals surface area contributed by atoms with Crippen molar-refractivity contribution in [3.8, 4) is 5.75 Å². The first-order valence-electron chi connectivity index (χ1n) is 8.41. The van der Waals surface area contributed by atoms with Crippen LogP contribution in [0.4, 0.5) is 17.3 Å². The molecule has 8 nitrogen and oxygen atoms in total. The van der Waals surface area contributed by atoms with E-state index in [1.54, 1.807) is 19.2 Å². The molecule has 28 heavy (non-hydrogen) atoms. The summed E-state index contributed by atoms with van der Waals surface area (Å²) in [5, 5.41) is 18.2. The highest BCUT2D eigenvalue weighted by molar-refractivity contribution is 6.30. The van der Waals surface area contributed by atoms with Crippen molar-refractivity contribution in [3.05, 3.63) is 81.1 Å². The van der Waals surface area contributed by atoms with Gasteiger partial charge in [0.25, 0.3) is 0 Å². The Kier molecular flexibility index (Phi) is 6.23. The van der Waals surface area contributed by atoms with E-state index in [2.05, 4.69) is 20.6 Å². The Labute approximate surface area is 166 Å². The third kappa shape index (κ3) is 4.86. The third-order valence-corrected chi connectivity index (χ3v) is 4.25. The van der Waals surface area contributed by atoms with Gasteiger partial charge in [0.1, 0.15) is 12.1 Å². The van der Waals surface area contributed by atoms with E-state index in [4.69, 9.17) is 16.3 Å². The number of nitrogens with zero attached hydrogens (tertiary/aromatic N) is 3. The third-order valence-electron chi connectivity index (χ3n) is 4.00. The quantitative estimate of drug-likeness (QED) is 0.430. The minimum absolute atomic E-state index is 0.146. The summed E-state index contributed by atoms with van der Waals surface area (Å²) in [5.41, 5.74) is 1.65. The first-order chi connectivity index (χ1) is 13.6. The van der Waals surface area contributed by atoms with Crippen molar-refractivity contribution in [1.82, 2.24) is 9.97 Å². The monoisotopic (exact) mass is 399 g/mol. The molecule has 0 unspecified atom stereocenters. The Hall–Kier alpha value is -3.39. The van der Waals surface area contributed by atoms with E-state index in [1.165, 1.54) is 6.33 Å². The number of ether oxygens (including phenoxy) is 1. The first-order valence-corrected chi connectivity index (χ1v) is 8.79. The number of aromatic nitrogens is 2. The van der Waals surface area contributed by atoms with Crippen molar-refractivity contribution in [2.45, 2.75) is 13.1 Å². The largest absolute Gasteiger partial charge is 0.497 e. The summed E-state index contributed by atoms with van der Waals surface area (Å²) >= 11 is 5.87. The summed E-state index contributed by atoms with van der Waals surface area (Å²) in [6.07, 6.45) is 1.29. The topological polar surface area (TPSA) is 102 Å². The Morgan fingerprint density at radius 2 is 1.46 bits per heavy atom. The second kappa shape index (κ2) is 9.01. The zero-order chi connectivity index (χ0) is 19.9. The average molecular weight is 400 g/mol. The number of anilines is 2. The fraction of sp³-hybridized carbons (Fsp3) is 0.158. The van der Waals surface area contributed by atoms with Gasteiger partial charge in [0.15, 0.2) is 0 Å². The predicted molar refractivity (Wildman–Crippen MR) is 108 cm³/mol. The van der Waals surface area contributed by atoms with Crippen LogP contribution in [0.5, 0.6) is 5.75 Å². The second-order valence-corrected chi connectivity index (χ2v) is 6.29. The summed E-state index contributed by atoms with van der Waals surface area (Å²) < 4.78 is 5.12. The minimum atomic E-state index is -0.499. The van der Waals surface area contributed by atoms with Gasteiger partial charge in [-0.3, -0.25) is 10.1 Å². The van der Waals surface area contributed by atoms with Crippen molar-refractivity contribution in [2.75, 3.05) is 17.7 Å². The van der Waals surface area contributed by atoms with E-state index in [0.29, 0.717) is 18.1 Å². The van der Waals surface area contributed by atoms with Crippen molar-refractivity contribution in [2.24, 2.45) is 0 Å². The molecular weight excluding hydrogens is 382 g/mol. The Morgan fingerprint density at radius 3 is 1.93 bits per heavy atom. The molecule has 1 aromatic heterocycles. The average Bonchev–Trinajstić information content (AvgIpc) is 2.72. The highest BCUT2D eigenvalue weighted by atomic mass is 35.5. The lowest BCUT2D eigenvalue weighted by Gasteiger charge is -2.10. The number of benzene rings is 2. The molecule has 0 aliphatic carbocycles. The van der Waals surface area contributed by atoms with Crippen molar-refractivity contribution in [3.63, 3.8) is 0 Å². The van der Waals surface area contributed by atoms with Crippen LogP contribution >= 0.6 is 11.6 Å². The Bertz CT molecular complexity index is 949. The number of methoxy groups -OCH3 is 1. The lowest BCUT2D eigenvalue weighted by atomic mass is 10.2. The summed E-state index contributed by atoms with van der Waals surface area (Å²) in [7, 11) is 1.59. The normalized spacial score (nSPS) is 10.4. The van der Waals surface area contributed by atoms with Gasteiger partial charge in [0.2, 0.25) is 11.6 Å². The number of hydrogen-bond donors (Lipinski definition) is 2. The lowest BCUT2D eigenvalue weighted by molar-refractivity contribution is -0.383. The molecule has 0 aliphatic heterocycles. The fourth-order valence-electron chi connectivity index (χ4n) is 2.53. The van der Waals surface area contributed by atoms with Crippen LogP contribution < -0.4 is 15.4 Å². The summed E-state index contributed by atoms with van der Waals surface area (Å²) in [5.74, 6) is 1.03. The Morgan fingerprint density at radius 1 is 0.964 bits per heavy atom. The highest BCUT2D eigenvalue weighted by Crippen LogP contribution is 2.29. The smallest absolute Gasteiger partial charge is 0.353 e. The van der Waals surface area contributed by atoms with Gasteiger partial charge >= 0.3 is 5.69 Å². The molecule has 0 saturated heterocycles. The van der Waals surface area contributed by atoms with Gasteiger partial charge in [-0.2, -0.15) is 0 Å². The molecule has 3 rings (SSSR count). The van der Waals surface area contributed by atoms with E-state index >= 15 is 0 Å². The number of nitro groups is 1. The van der Waals surface area contributed by atoms with Crippen molar-refractivity contribution < 1.29 is 9.66 Å². The predicted octanol–water partition coefficient (Wildman–Crippen LogP) is 4.27. The van der Waals surface area contributed by atoms with Gasteiger partial charge in [-0.25, -0.2) is 9.97 Å². The van der Waals surface area contributed by atoms with E-state index < -0.39 is 4.92 Å². The highest BCUT2D eigenvalue weighted by Gasteiger charge is 2.22.